The van der Waals surface area contributed by atoms with Gasteiger partial charge >= 0.3 is 0 Å². The van der Waals surface area contributed by atoms with E-state index in [4.69, 9.17) is 9.47 Å². The van der Waals surface area contributed by atoms with Crippen LogP contribution in [0, 0.1) is 5.82 Å². The van der Waals surface area contributed by atoms with Crippen LogP contribution >= 0.6 is 0 Å². The number of nitrogens with zero attached hydrogens (tertiary/aromatic N) is 1. The molecule has 0 aromatic heterocycles. The van der Waals surface area contributed by atoms with Gasteiger partial charge in [0, 0.05) is 12.6 Å². The third-order valence-corrected chi connectivity index (χ3v) is 4.84. The number of halogens is 1. The molecule has 2 rings (SSSR count). The molecule has 0 saturated heterocycles. The molecular formula is C23H29FN2O4. The molecule has 2 atom stereocenters. The van der Waals surface area contributed by atoms with Gasteiger partial charge in [0.25, 0.3) is 5.91 Å². The van der Waals surface area contributed by atoms with Crippen molar-refractivity contribution in [3.63, 3.8) is 0 Å². The summed E-state index contributed by atoms with van der Waals surface area (Å²) in [5.74, 6) is -0.588. The average molecular weight is 416 g/mol. The number of hydrogen-bond acceptors (Lipinski definition) is 4. The van der Waals surface area contributed by atoms with Crippen LogP contribution in [-0.2, 0) is 16.1 Å². The fraction of sp³-hybridized carbons (Fsp3) is 0.391. The predicted octanol–water partition coefficient (Wildman–Crippen LogP) is 3.55. The number of hydrogen-bond donors (Lipinski definition) is 1. The second-order valence-electron chi connectivity index (χ2n) is 7.09. The Morgan fingerprint density at radius 2 is 1.87 bits per heavy atom. The quantitative estimate of drug-likeness (QED) is 0.643. The minimum atomic E-state index is -0.734. The van der Waals surface area contributed by atoms with Crippen LogP contribution in [0.25, 0.3) is 0 Å². The number of amides is 2. The molecule has 2 aromatic carbocycles. The normalized spacial score (nSPS) is 12.6. The van der Waals surface area contributed by atoms with Gasteiger partial charge in [-0.1, -0.05) is 31.2 Å². The molecule has 0 aliphatic rings. The van der Waals surface area contributed by atoms with E-state index in [-0.39, 0.29) is 30.9 Å². The zero-order valence-electron chi connectivity index (χ0n) is 17.9. The molecule has 2 amide bonds. The number of carbonyl (C=O) groups is 2. The van der Waals surface area contributed by atoms with Crippen LogP contribution in [0.2, 0.25) is 0 Å². The molecule has 2 aromatic rings. The molecule has 6 nitrogen and oxygen atoms in total. The first-order valence-corrected chi connectivity index (χ1v) is 9.95. The lowest BCUT2D eigenvalue weighted by Crippen LogP contribution is -2.50. The maximum Gasteiger partial charge on any atom is 0.261 e. The van der Waals surface area contributed by atoms with E-state index in [0.29, 0.717) is 5.75 Å². The van der Waals surface area contributed by atoms with Crippen molar-refractivity contribution in [1.29, 1.82) is 0 Å². The average Bonchev–Trinajstić information content (AvgIpc) is 2.76. The van der Waals surface area contributed by atoms with Crippen molar-refractivity contribution in [1.82, 2.24) is 10.2 Å². The van der Waals surface area contributed by atoms with Crippen LogP contribution in [0.5, 0.6) is 11.5 Å². The predicted molar refractivity (Wildman–Crippen MR) is 113 cm³/mol. The van der Waals surface area contributed by atoms with Gasteiger partial charge in [-0.25, -0.2) is 4.39 Å². The van der Waals surface area contributed by atoms with E-state index in [1.54, 1.807) is 38.3 Å². The van der Waals surface area contributed by atoms with Gasteiger partial charge in [0.1, 0.15) is 11.8 Å². The number of carbonyl (C=O) groups excluding carboxylic acids is 2. The van der Waals surface area contributed by atoms with Crippen molar-refractivity contribution in [2.45, 2.75) is 45.8 Å². The molecule has 0 aliphatic carbocycles. The number of benzene rings is 2. The number of nitrogens with one attached hydrogen (secondary N) is 1. The summed E-state index contributed by atoms with van der Waals surface area (Å²) in [6, 6.07) is 12.4. The van der Waals surface area contributed by atoms with Crippen LogP contribution in [0.1, 0.15) is 32.8 Å². The number of ether oxygens (including phenoxy) is 2. The molecule has 0 fully saturated rings. The largest absolute Gasteiger partial charge is 0.497 e. The standard InChI is InChI=1S/C23H29FN2O4/c1-5-16(2)25-23(28)17(3)26(14-18-9-8-10-19(13-18)29-4)22(27)15-30-21-12-7-6-11-20(21)24/h6-13,16-17H,5,14-15H2,1-4H3,(H,25,28)/t16-,17+/m0/s1. The van der Waals surface area contributed by atoms with Gasteiger partial charge in [0.2, 0.25) is 5.91 Å². The number of methoxy groups -OCH3 is 1. The molecule has 0 saturated carbocycles. The Morgan fingerprint density at radius 1 is 1.13 bits per heavy atom. The Hall–Kier alpha value is -3.09. The second-order valence-corrected chi connectivity index (χ2v) is 7.09. The maximum absolute atomic E-state index is 13.8. The van der Waals surface area contributed by atoms with Gasteiger partial charge in [-0.15, -0.1) is 0 Å². The summed E-state index contributed by atoms with van der Waals surface area (Å²) in [7, 11) is 1.56. The molecule has 0 aliphatic heterocycles. The summed E-state index contributed by atoms with van der Waals surface area (Å²) in [4.78, 5) is 27.0. The van der Waals surface area contributed by atoms with Crippen LogP contribution in [0.15, 0.2) is 48.5 Å². The first kappa shape index (κ1) is 23.2. The molecule has 1 N–H and O–H groups in total. The minimum absolute atomic E-state index is 0.0103. The summed E-state index contributed by atoms with van der Waals surface area (Å²) >= 11 is 0. The van der Waals surface area contributed by atoms with Crippen molar-refractivity contribution >= 4 is 11.8 Å². The molecule has 30 heavy (non-hydrogen) atoms. The number of rotatable bonds is 10. The van der Waals surface area contributed by atoms with Crippen molar-refractivity contribution in [2.75, 3.05) is 13.7 Å². The van der Waals surface area contributed by atoms with E-state index < -0.39 is 17.8 Å². The molecular weight excluding hydrogens is 387 g/mol. The van der Waals surface area contributed by atoms with Crippen LogP contribution < -0.4 is 14.8 Å². The fourth-order valence-electron chi connectivity index (χ4n) is 2.80. The first-order valence-electron chi connectivity index (χ1n) is 9.95. The Morgan fingerprint density at radius 3 is 2.53 bits per heavy atom. The van der Waals surface area contributed by atoms with E-state index in [9.17, 15) is 14.0 Å². The summed E-state index contributed by atoms with van der Waals surface area (Å²) in [6.07, 6.45) is 0.776. The lowest BCUT2D eigenvalue weighted by atomic mass is 10.1. The minimum Gasteiger partial charge on any atom is -0.497 e. The van der Waals surface area contributed by atoms with Gasteiger partial charge in [-0.05, 0) is 50.1 Å². The third kappa shape index (κ3) is 6.47. The zero-order valence-corrected chi connectivity index (χ0v) is 17.9. The summed E-state index contributed by atoms with van der Waals surface area (Å²) in [5.41, 5.74) is 0.803. The van der Waals surface area contributed by atoms with Crippen LogP contribution in [0.3, 0.4) is 0 Å². The molecule has 0 unspecified atom stereocenters. The Bertz CT molecular complexity index is 859. The maximum atomic E-state index is 13.8. The van der Waals surface area contributed by atoms with Gasteiger partial charge in [-0.3, -0.25) is 9.59 Å². The highest BCUT2D eigenvalue weighted by molar-refractivity contribution is 5.88. The number of para-hydroxylation sites is 1. The topological polar surface area (TPSA) is 67.9 Å². The van der Waals surface area contributed by atoms with Gasteiger partial charge in [0.05, 0.1) is 7.11 Å². The SMILES string of the molecule is CC[C@H](C)NC(=O)[C@@H](C)N(Cc1cccc(OC)c1)C(=O)COc1ccccc1F. The van der Waals surface area contributed by atoms with E-state index in [1.165, 1.54) is 17.0 Å². The van der Waals surface area contributed by atoms with Gasteiger partial charge in [-0.2, -0.15) is 0 Å². The van der Waals surface area contributed by atoms with E-state index in [2.05, 4.69) is 5.32 Å². The summed E-state index contributed by atoms with van der Waals surface area (Å²) in [6.45, 7) is 5.34. The molecule has 0 bridgehead atoms. The monoisotopic (exact) mass is 416 g/mol. The van der Waals surface area contributed by atoms with Crippen LogP contribution in [-0.4, -0.2) is 42.5 Å². The molecule has 7 heteroatoms. The van der Waals surface area contributed by atoms with Crippen molar-refractivity contribution in [3.8, 4) is 11.5 Å². The Kier molecular flexibility index (Phi) is 8.65. The molecule has 0 spiro atoms. The zero-order chi connectivity index (χ0) is 22.1. The smallest absolute Gasteiger partial charge is 0.261 e. The van der Waals surface area contributed by atoms with E-state index in [0.717, 1.165) is 12.0 Å². The van der Waals surface area contributed by atoms with Crippen molar-refractivity contribution in [3.05, 3.63) is 59.9 Å². The summed E-state index contributed by atoms with van der Waals surface area (Å²) in [5, 5.41) is 2.90. The van der Waals surface area contributed by atoms with Gasteiger partial charge < -0.3 is 19.7 Å². The third-order valence-electron chi connectivity index (χ3n) is 4.84. The highest BCUT2D eigenvalue weighted by Crippen LogP contribution is 2.18. The summed E-state index contributed by atoms with van der Waals surface area (Å²) < 4.78 is 24.4. The lowest BCUT2D eigenvalue weighted by Gasteiger charge is -2.29. The highest BCUT2D eigenvalue weighted by atomic mass is 19.1. The second kappa shape index (κ2) is 11.2. The highest BCUT2D eigenvalue weighted by Gasteiger charge is 2.27. The van der Waals surface area contributed by atoms with E-state index >= 15 is 0 Å². The molecule has 0 heterocycles. The first-order chi connectivity index (χ1) is 14.3. The lowest BCUT2D eigenvalue weighted by molar-refractivity contribution is -0.142. The molecule has 162 valence electrons. The van der Waals surface area contributed by atoms with E-state index in [1.807, 2.05) is 26.0 Å². The molecule has 0 radical (unpaired) electrons. The van der Waals surface area contributed by atoms with Crippen molar-refractivity contribution in [2.24, 2.45) is 0 Å². The van der Waals surface area contributed by atoms with Gasteiger partial charge in [0.15, 0.2) is 18.2 Å². The fourth-order valence-corrected chi connectivity index (χ4v) is 2.80. The Balaban J connectivity index is 2.19. The Labute approximate surface area is 177 Å². The van der Waals surface area contributed by atoms with Crippen molar-refractivity contribution < 1.29 is 23.5 Å². The van der Waals surface area contributed by atoms with Crippen LogP contribution in [0.4, 0.5) is 4.39 Å².